The van der Waals surface area contributed by atoms with Crippen LogP contribution in [0.15, 0.2) is 29.2 Å². The lowest BCUT2D eigenvalue weighted by Gasteiger charge is -2.29. The first-order valence-corrected chi connectivity index (χ1v) is 8.23. The number of nitrogens with one attached hydrogen (secondary N) is 2. The summed E-state index contributed by atoms with van der Waals surface area (Å²) >= 11 is 0. The molecule has 1 fully saturated rings. The maximum Gasteiger partial charge on any atom is 0.244 e. The number of halogens is 1. The van der Waals surface area contributed by atoms with Crippen LogP contribution in [0.2, 0.25) is 0 Å². The number of rotatable bonds is 3. The summed E-state index contributed by atoms with van der Waals surface area (Å²) < 4.78 is 28.4. The molecule has 6 nitrogen and oxygen atoms in total. The Kier molecular flexibility index (Phi) is 6.15. The van der Waals surface area contributed by atoms with Gasteiger partial charge in [-0.3, -0.25) is 4.79 Å². The summed E-state index contributed by atoms with van der Waals surface area (Å²) in [4.78, 5) is 12.3. The topological polar surface area (TPSA) is 84.5 Å². The molecule has 0 aromatic heterocycles. The molecule has 118 valence electrons. The lowest BCUT2D eigenvalue weighted by Crippen LogP contribution is -2.53. The highest BCUT2D eigenvalue weighted by molar-refractivity contribution is 7.90. The van der Waals surface area contributed by atoms with Gasteiger partial charge in [-0.15, -0.1) is 12.4 Å². The van der Waals surface area contributed by atoms with Crippen LogP contribution in [-0.2, 0) is 19.4 Å². The second-order valence-electron chi connectivity index (χ2n) is 4.80. The molecule has 0 spiro atoms. The van der Waals surface area contributed by atoms with Crippen molar-refractivity contribution in [2.75, 3.05) is 24.7 Å². The molecule has 1 aromatic carbocycles. The van der Waals surface area contributed by atoms with Crippen molar-refractivity contribution in [1.82, 2.24) is 5.32 Å². The third kappa shape index (κ3) is 4.67. The number of sulfone groups is 1. The van der Waals surface area contributed by atoms with E-state index in [4.69, 9.17) is 4.74 Å². The molecule has 0 radical (unpaired) electrons. The quantitative estimate of drug-likeness (QED) is 0.855. The zero-order chi connectivity index (χ0) is 14.8. The molecule has 0 unspecified atom stereocenters. The van der Waals surface area contributed by atoms with Crippen LogP contribution in [0.5, 0.6) is 0 Å². The summed E-state index contributed by atoms with van der Waals surface area (Å²) in [6, 6.07) is 5.75. The number of amides is 1. The van der Waals surface area contributed by atoms with Crippen LogP contribution in [0.1, 0.15) is 6.92 Å². The molecule has 8 heteroatoms. The van der Waals surface area contributed by atoms with E-state index in [-0.39, 0.29) is 29.3 Å². The predicted molar refractivity (Wildman–Crippen MR) is 82.6 cm³/mol. The van der Waals surface area contributed by atoms with Gasteiger partial charge in [-0.25, -0.2) is 8.42 Å². The van der Waals surface area contributed by atoms with E-state index in [9.17, 15) is 13.2 Å². The van der Waals surface area contributed by atoms with Gasteiger partial charge in [0.1, 0.15) is 6.04 Å². The van der Waals surface area contributed by atoms with Gasteiger partial charge in [0.05, 0.1) is 17.6 Å². The standard InChI is InChI=1S/C13H18N2O4S.ClH/c1-9-12(14-6-7-19-9)13(16)15-10-4-3-5-11(8-10)20(2,17)18;/h3-5,8-9,12,14H,6-7H2,1-2H3,(H,15,16);1H/t9-,12+;/m1./s1. The summed E-state index contributed by atoms with van der Waals surface area (Å²) in [6.07, 6.45) is 0.911. The smallest absolute Gasteiger partial charge is 0.244 e. The minimum Gasteiger partial charge on any atom is -0.375 e. The lowest BCUT2D eigenvalue weighted by atomic mass is 10.1. The highest BCUT2D eigenvalue weighted by Gasteiger charge is 2.28. The Balaban J connectivity index is 0.00000220. The minimum absolute atomic E-state index is 0. The molecule has 0 bridgehead atoms. The second kappa shape index (κ2) is 7.22. The van der Waals surface area contributed by atoms with E-state index in [1.54, 1.807) is 12.1 Å². The van der Waals surface area contributed by atoms with Crippen LogP contribution in [0, 0.1) is 0 Å². The number of carbonyl (C=O) groups is 1. The molecule has 1 aliphatic heterocycles. The molecular formula is C13H19ClN2O4S. The molecule has 21 heavy (non-hydrogen) atoms. The van der Waals surface area contributed by atoms with E-state index in [1.165, 1.54) is 12.1 Å². The van der Waals surface area contributed by atoms with Gasteiger partial charge in [-0.2, -0.15) is 0 Å². The Morgan fingerprint density at radius 3 is 2.76 bits per heavy atom. The van der Waals surface area contributed by atoms with Gasteiger partial charge in [-0.05, 0) is 25.1 Å². The van der Waals surface area contributed by atoms with Crippen molar-refractivity contribution >= 4 is 33.8 Å². The van der Waals surface area contributed by atoms with Crippen LogP contribution >= 0.6 is 12.4 Å². The highest BCUT2D eigenvalue weighted by Crippen LogP contribution is 2.16. The van der Waals surface area contributed by atoms with E-state index in [1.807, 2.05) is 6.92 Å². The Hall–Kier alpha value is -1.15. The number of hydrogen-bond donors (Lipinski definition) is 2. The molecule has 0 aliphatic carbocycles. The van der Waals surface area contributed by atoms with Crippen molar-refractivity contribution < 1.29 is 17.9 Å². The summed E-state index contributed by atoms with van der Waals surface area (Å²) in [7, 11) is -3.29. The van der Waals surface area contributed by atoms with Gasteiger partial charge >= 0.3 is 0 Å². The van der Waals surface area contributed by atoms with Gasteiger partial charge in [-0.1, -0.05) is 6.07 Å². The number of ether oxygens (including phenoxy) is 1. The number of carbonyl (C=O) groups excluding carboxylic acids is 1. The Labute approximate surface area is 130 Å². The third-order valence-corrected chi connectivity index (χ3v) is 4.24. The van der Waals surface area contributed by atoms with Crippen LogP contribution in [0.25, 0.3) is 0 Å². The van der Waals surface area contributed by atoms with E-state index in [0.717, 1.165) is 6.26 Å². The molecule has 2 atom stereocenters. The Bertz CT molecular complexity index is 606. The summed E-state index contributed by atoms with van der Waals surface area (Å²) in [5, 5.41) is 5.79. The van der Waals surface area contributed by atoms with Crippen molar-refractivity contribution in [3.8, 4) is 0 Å². The molecule has 1 aromatic rings. The predicted octanol–water partition coefficient (Wildman–Crippen LogP) is 0.827. The molecule has 1 amide bonds. The zero-order valence-corrected chi connectivity index (χ0v) is 13.5. The molecular weight excluding hydrogens is 316 g/mol. The van der Waals surface area contributed by atoms with Gasteiger partial charge in [0.2, 0.25) is 5.91 Å². The number of morpholine rings is 1. The van der Waals surface area contributed by atoms with Crippen molar-refractivity contribution in [1.29, 1.82) is 0 Å². The largest absolute Gasteiger partial charge is 0.375 e. The SMILES string of the molecule is C[C@H]1OCCN[C@@H]1C(=O)Nc1cccc(S(C)(=O)=O)c1.Cl. The molecule has 1 heterocycles. The maximum atomic E-state index is 12.1. The number of hydrogen-bond acceptors (Lipinski definition) is 5. The van der Waals surface area contributed by atoms with E-state index >= 15 is 0 Å². The summed E-state index contributed by atoms with van der Waals surface area (Å²) in [6.45, 7) is 3.02. The monoisotopic (exact) mass is 334 g/mol. The first-order chi connectivity index (χ1) is 9.38. The van der Waals surface area contributed by atoms with Crippen molar-refractivity contribution in [2.24, 2.45) is 0 Å². The van der Waals surface area contributed by atoms with Crippen molar-refractivity contribution in [3.63, 3.8) is 0 Å². The summed E-state index contributed by atoms with van der Waals surface area (Å²) in [5.74, 6) is -0.233. The Morgan fingerprint density at radius 2 is 2.14 bits per heavy atom. The zero-order valence-electron chi connectivity index (χ0n) is 11.8. The average Bonchev–Trinajstić information content (AvgIpc) is 2.38. The highest BCUT2D eigenvalue weighted by atomic mass is 35.5. The molecule has 1 saturated heterocycles. The van der Waals surface area contributed by atoms with E-state index in [2.05, 4.69) is 10.6 Å². The van der Waals surface area contributed by atoms with Crippen LogP contribution in [0.3, 0.4) is 0 Å². The third-order valence-electron chi connectivity index (χ3n) is 3.13. The fourth-order valence-corrected chi connectivity index (χ4v) is 2.72. The fraction of sp³-hybridized carbons (Fsp3) is 0.462. The normalized spacial score (nSPS) is 22.2. The molecule has 1 aliphatic rings. The van der Waals surface area contributed by atoms with E-state index in [0.29, 0.717) is 18.8 Å². The molecule has 0 saturated carbocycles. The van der Waals surface area contributed by atoms with Crippen molar-refractivity contribution in [2.45, 2.75) is 24.0 Å². The van der Waals surface area contributed by atoms with Crippen LogP contribution in [-0.4, -0.2) is 45.9 Å². The molecule has 2 N–H and O–H groups in total. The van der Waals surface area contributed by atoms with Crippen LogP contribution in [0.4, 0.5) is 5.69 Å². The first-order valence-electron chi connectivity index (χ1n) is 6.34. The molecule has 2 rings (SSSR count). The number of benzene rings is 1. The maximum absolute atomic E-state index is 12.1. The van der Waals surface area contributed by atoms with Gasteiger partial charge < -0.3 is 15.4 Å². The first kappa shape index (κ1) is 17.9. The number of anilines is 1. The van der Waals surface area contributed by atoms with Crippen molar-refractivity contribution in [3.05, 3.63) is 24.3 Å². The Morgan fingerprint density at radius 1 is 1.43 bits per heavy atom. The minimum atomic E-state index is -3.29. The average molecular weight is 335 g/mol. The lowest BCUT2D eigenvalue weighted by molar-refractivity contribution is -0.123. The van der Waals surface area contributed by atoms with Gasteiger partial charge in [0.25, 0.3) is 0 Å². The second-order valence-corrected chi connectivity index (χ2v) is 6.81. The fourth-order valence-electron chi connectivity index (χ4n) is 2.05. The van der Waals surface area contributed by atoms with Crippen LogP contribution < -0.4 is 10.6 Å². The summed E-state index contributed by atoms with van der Waals surface area (Å²) in [5.41, 5.74) is 0.456. The van der Waals surface area contributed by atoms with Gasteiger partial charge in [0, 0.05) is 18.5 Å². The van der Waals surface area contributed by atoms with Gasteiger partial charge in [0.15, 0.2) is 9.84 Å². The van der Waals surface area contributed by atoms with E-state index < -0.39 is 15.9 Å².